The van der Waals surface area contributed by atoms with E-state index in [1.807, 2.05) is 6.92 Å². The van der Waals surface area contributed by atoms with E-state index in [1.165, 1.54) is 6.92 Å². The van der Waals surface area contributed by atoms with Gasteiger partial charge in [-0.05, 0) is 19.3 Å². The number of hydrogen-bond donors (Lipinski definition) is 2. The molecule has 0 aliphatic rings. The second-order valence-electron chi connectivity index (χ2n) is 4.00. The second kappa shape index (κ2) is 10.5. The minimum Gasteiger partial charge on any atom is -0.356 e. The highest BCUT2D eigenvalue weighted by molar-refractivity contribution is 5.75. The van der Waals surface area contributed by atoms with Gasteiger partial charge in [-0.1, -0.05) is 19.8 Å². The number of carbonyl (C=O) groups is 2. The van der Waals surface area contributed by atoms with Crippen LogP contribution in [0.1, 0.15) is 52.4 Å². The summed E-state index contributed by atoms with van der Waals surface area (Å²) in [4.78, 5) is 21.7. The van der Waals surface area contributed by atoms with E-state index in [9.17, 15) is 9.59 Å². The highest BCUT2D eigenvalue weighted by Gasteiger charge is 1.97. The molecule has 0 saturated heterocycles. The highest BCUT2D eigenvalue weighted by atomic mass is 16.2. The van der Waals surface area contributed by atoms with E-state index in [2.05, 4.69) is 10.6 Å². The Morgan fingerprint density at radius 1 is 0.938 bits per heavy atom. The minimum atomic E-state index is 0.0341. The minimum absolute atomic E-state index is 0.0341. The van der Waals surface area contributed by atoms with Crippen molar-refractivity contribution in [3.05, 3.63) is 0 Å². The van der Waals surface area contributed by atoms with E-state index in [0.29, 0.717) is 6.42 Å². The molecule has 0 atom stereocenters. The van der Waals surface area contributed by atoms with E-state index in [1.54, 1.807) is 0 Å². The molecule has 16 heavy (non-hydrogen) atoms. The Labute approximate surface area is 98.2 Å². The number of rotatable bonds is 9. The van der Waals surface area contributed by atoms with E-state index in [-0.39, 0.29) is 11.8 Å². The van der Waals surface area contributed by atoms with Crippen LogP contribution in [0.2, 0.25) is 0 Å². The molecule has 94 valence electrons. The van der Waals surface area contributed by atoms with Gasteiger partial charge in [0.25, 0.3) is 0 Å². The van der Waals surface area contributed by atoms with Crippen molar-refractivity contribution in [2.75, 3.05) is 13.1 Å². The lowest BCUT2D eigenvalue weighted by Crippen LogP contribution is -2.24. The van der Waals surface area contributed by atoms with Crippen LogP contribution in [0.5, 0.6) is 0 Å². The molecule has 0 rings (SSSR count). The zero-order chi connectivity index (χ0) is 12.2. The summed E-state index contributed by atoms with van der Waals surface area (Å²) in [5.74, 6) is 0.188. The molecule has 4 nitrogen and oxygen atoms in total. The van der Waals surface area contributed by atoms with Gasteiger partial charge < -0.3 is 10.6 Å². The Hall–Kier alpha value is -1.06. The monoisotopic (exact) mass is 228 g/mol. The zero-order valence-electron chi connectivity index (χ0n) is 10.5. The third kappa shape index (κ3) is 11.0. The summed E-state index contributed by atoms with van der Waals surface area (Å²) < 4.78 is 0. The van der Waals surface area contributed by atoms with Gasteiger partial charge in [0.15, 0.2) is 0 Å². The van der Waals surface area contributed by atoms with Gasteiger partial charge in [0, 0.05) is 26.4 Å². The van der Waals surface area contributed by atoms with Gasteiger partial charge in [0.2, 0.25) is 11.8 Å². The molecule has 0 aromatic rings. The summed E-state index contributed by atoms with van der Waals surface area (Å²) in [6.45, 7) is 5.07. The van der Waals surface area contributed by atoms with Crippen LogP contribution in [-0.4, -0.2) is 24.9 Å². The Bertz CT molecular complexity index is 205. The summed E-state index contributed by atoms with van der Waals surface area (Å²) >= 11 is 0. The zero-order valence-corrected chi connectivity index (χ0v) is 10.5. The second-order valence-corrected chi connectivity index (χ2v) is 4.00. The van der Waals surface area contributed by atoms with Crippen LogP contribution in [0.25, 0.3) is 0 Å². The van der Waals surface area contributed by atoms with Crippen molar-refractivity contribution in [3.63, 3.8) is 0 Å². The maximum Gasteiger partial charge on any atom is 0.219 e. The van der Waals surface area contributed by atoms with Crippen LogP contribution in [0.15, 0.2) is 0 Å². The third-order valence-corrected chi connectivity index (χ3v) is 2.28. The average molecular weight is 228 g/mol. The van der Waals surface area contributed by atoms with Crippen molar-refractivity contribution in [2.45, 2.75) is 52.4 Å². The molecule has 0 fully saturated rings. The number of amides is 2. The molecule has 0 unspecified atom stereocenters. The smallest absolute Gasteiger partial charge is 0.219 e. The van der Waals surface area contributed by atoms with E-state index >= 15 is 0 Å². The highest BCUT2D eigenvalue weighted by Crippen LogP contribution is 1.98. The fourth-order valence-electron chi connectivity index (χ4n) is 1.41. The molecule has 0 aliphatic carbocycles. The third-order valence-electron chi connectivity index (χ3n) is 2.28. The van der Waals surface area contributed by atoms with Gasteiger partial charge in [-0.25, -0.2) is 0 Å². The van der Waals surface area contributed by atoms with Crippen LogP contribution in [0, 0.1) is 0 Å². The SMILES string of the molecule is CCCC(=O)NCCCCCCNC(C)=O. The largest absolute Gasteiger partial charge is 0.356 e. The first-order chi connectivity index (χ1) is 7.66. The van der Waals surface area contributed by atoms with Crippen molar-refractivity contribution in [2.24, 2.45) is 0 Å². The average Bonchev–Trinajstić information content (AvgIpc) is 2.22. The Morgan fingerprint density at radius 2 is 1.50 bits per heavy atom. The topological polar surface area (TPSA) is 58.2 Å². The molecule has 0 radical (unpaired) electrons. The summed E-state index contributed by atoms with van der Waals surface area (Å²) in [7, 11) is 0. The molecule has 0 aromatic heterocycles. The van der Waals surface area contributed by atoms with Crippen LogP contribution >= 0.6 is 0 Å². The molecule has 0 aliphatic heterocycles. The maximum atomic E-state index is 11.1. The maximum absolute atomic E-state index is 11.1. The Kier molecular flexibility index (Phi) is 9.76. The predicted octanol–water partition coefficient (Wildman–Crippen LogP) is 1.60. The first-order valence-electron chi connectivity index (χ1n) is 6.18. The lowest BCUT2D eigenvalue weighted by atomic mass is 10.2. The molecular weight excluding hydrogens is 204 g/mol. The summed E-state index contributed by atoms with van der Waals surface area (Å²) in [6, 6.07) is 0. The van der Waals surface area contributed by atoms with Crippen LogP contribution in [0.4, 0.5) is 0 Å². The number of unbranched alkanes of at least 4 members (excludes halogenated alkanes) is 3. The Balaban J connectivity index is 3.09. The van der Waals surface area contributed by atoms with Crippen LogP contribution in [-0.2, 0) is 9.59 Å². The Morgan fingerprint density at radius 3 is 2.00 bits per heavy atom. The number of nitrogens with one attached hydrogen (secondary N) is 2. The van der Waals surface area contributed by atoms with Crippen molar-refractivity contribution in [3.8, 4) is 0 Å². The van der Waals surface area contributed by atoms with Gasteiger partial charge in [-0.3, -0.25) is 9.59 Å². The van der Waals surface area contributed by atoms with Crippen molar-refractivity contribution >= 4 is 11.8 Å². The normalized spacial score (nSPS) is 9.88. The molecule has 0 bridgehead atoms. The molecule has 2 amide bonds. The molecule has 4 heteroatoms. The van der Waals surface area contributed by atoms with Gasteiger partial charge in [0.1, 0.15) is 0 Å². The molecular formula is C12H24N2O2. The summed E-state index contributed by atoms with van der Waals surface area (Å²) in [6.07, 6.45) is 5.78. The predicted molar refractivity (Wildman–Crippen MR) is 65.1 cm³/mol. The first kappa shape index (κ1) is 14.9. The molecule has 2 N–H and O–H groups in total. The molecule has 0 heterocycles. The van der Waals surface area contributed by atoms with E-state index in [4.69, 9.17) is 0 Å². The molecule has 0 saturated carbocycles. The lowest BCUT2D eigenvalue weighted by Gasteiger charge is -2.04. The van der Waals surface area contributed by atoms with E-state index in [0.717, 1.165) is 45.2 Å². The van der Waals surface area contributed by atoms with Crippen molar-refractivity contribution in [1.82, 2.24) is 10.6 Å². The summed E-state index contributed by atoms with van der Waals surface area (Å²) in [5.41, 5.74) is 0. The van der Waals surface area contributed by atoms with Gasteiger partial charge >= 0.3 is 0 Å². The van der Waals surface area contributed by atoms with Gasteiger partial charge in [-0.2, -0.15) is 0 Å². The lowest BCUT2D eigenvalue weighted by molar-refractivity contribution is -0.121. The fraction of sp³-hybridized carbons (Fsp3) is 0.833. The number of hydrogen-bond acceptors (Lipinski definition) is 2. The van der Waals surface area contributed by atoms with Crippen LogP contribution in [0.3, 0.4) is 0 Å². The van der Waals surface area contributed by atoms with E-state index < -0.39 is 0 Å². The summed E-state index contributed by atoms with van der Waals surface area (Å²) in [5, 5.41) is 5.65. The first-order valence-corrected chi connectivity index (χ1v) is 6.18. The quantitative estimate of drug-likeness (QED) is 0.589. The van der Waals surface area contributed by atoms with Crippen LogP contribution < -0.4 is 10.6 Å². The molecule has 0 aromatic carbocycles. The van der Waals surface area contributed by atoms with Gasteiger partial charge in [-0.15, -0.1) is 0 Å². The standard InChI is InChI=1S/C12H24N2O2/c1-3-8-12(16)14-10-7-5-4-6-9-13-11(2)15/h3-10H2,1-2H3,(H,13,15)(H,14,16). The van der Waals surface area contributed by atoms with Crippen molar-refractivity contribution in [1.29, 1.82) is 0 Å². The fourth-order valence-corrected chi connectivity index (χ4v) is 1.41. The van der Waals surface area contributed by atoms with Gasteiger partial charge in [0.05, 0.1) is 0 Å². The number of carbonyl (C=O) groups excluding carboxylic acids is 2. The molecule has 0 spiro atoms. The van der Waals surface area contributed by atoms with Crippen molar-refractivity contribution < 1.29 is 9.59 Å².